The second-order valence-electron chi connectivity index (χ2n) is 2.62. The van der Waals surface area contributed by atoms with Gasteiger partial charge in [-0.25, -0.2) is 0 Å². The maximum Gasteiger partial charge on any atom is 0.416 e. The van der Waals surface area contributed by atoms with E-state index in [9.17, 15) is 13.2 Å². The Morgan fingerprint density at radius 3 is 2.58 bits per heavy atom. The highest BCUT2D eigenvalue weighted by Gasteiger charge is 2.43. The maximum absolute atomic E-state index is 12.0. The van der Waals surface area contributed by atoms with Gasteiger partial charge in [0.2, 0.25) is 0 Å². The molecule has 12 heavy (non-hydrogen) atoms. The van der Waals surface area contributed by atoms with Crippen LogP contribution >= 0.6 is 12.2 Å². The molecule has 1 rings (SSSR count). The number of nitrogens with zero attached hydrogens (tertiary/aromatic N) is 1. The van der Waals surface area contributed by atoms with Gasteiger partial charge in [0.05, 0.1) is 13.2 Å². The van der Waals surface area contributed by atoms with Gasteiger partial charge in [-0.05, 0) is 0 Å². The molecule has 0 N–H and O–H groups in total. The fraction of sp³-hybridized carbons (Fsp3) is 0.833. The normalized spacial score (nSPS) is 26.2. The predicted molar refractivity (Wildman–Crippen MR) is 41.0 cm³/mol. The molecule has 70 valence electrons. The zero-order valence-electron chi connectivity index (χ0n) is 6.39. The number of morpholine rings is 1. The van der Waals surface area contributed by atoms with Crippen molar-refractivity contribution in [3.63, 3.8) is 0 Å². The summed E-state index contributed by atoms with van der Waals surface area (Å²) in [4.78, 5) is 1.80. The van der Waals surface area contributed by atoms with Gasteiger partial charge in [0.25, 0.3) is 0 Å². The van der Waals surface area contributed by atoms with Crippen LogP contribution in [0.3, 0.4) is 0 Å². The number of halogens is 3. The van der Waals surface area contributed by atoms with Crippen LogP contribution in [-0.4, -0.2) is 42.4 Å². The van der Waals surface area contributed by atoms with Gasteiger partial charge in [0, 0.05) is 7.05 Å². The van der Waals surface area contributed by atoms with Gasteiger partial charge in [0.15, 0.2) is 6.10 Å². The monoisotopic (exact) mass is 199 g/mol. The molecule has 1 heterocycles. The van der Waals surface area contributed by atoms with Crippen molar-refractivity contribution in [3.05, 3.63) is 0 Å². The molecule has 2 nitrogen and oxygen atoms in total. The first-order chi connectivity index (χ1) is 5.41. The number of hydrogen-bond acceptors (Lipinski definition) is 2. The Hall–Kier alpha value is -0.360. The fourth-order valence-corrected chi connectivity index (χ4v) is 1.03. The van der Waals surface area contributed by atoms with E-state index < -0.39 is 12.3 Å². The molecule has 0 spiro atoms. The number of likely N-dealkylation sites (N-methyl/N-ethyl adjacent to an activating group) is 1. The lowest BCUT2D eigenvalue weighted by Gasteiger charge is -2.32. The van der Waals surface area contributed by atoms with Gasteiger partial charge < -0.3 is 9.64 Å². The zero-order valence-corrected chi connectivity index (χ0v) is 7.21. The minimum absolute atomic E-state index is 0.115. The first kappa shape index (κ1) is 9.73. The Kier molecular flexibility index (Phi) is 2.58. The molecular formula is C6H8F3NOS. The Morgan fingerprint density at radius 1 is 1.58 bits per heavy atom. The van der Waals surface area contributed by atoms with E-state index >= 15 is 0 Å². The number of ether oxygens (including phenoxy) is 1. The number of rotatable bonds is 0. The van der Waals surface area contributed by atoms with E-state index in [4.69, 9.17) is 12.2 Å². The van der Waals surface area contributed by atoms with Crippen molar-refractivity contribution in [1.29, 1.82) is 0 Å². The average Bonchev–Trinajstić information content (AvgIpc) is 1.92. The first-order valence-electron chi connectivity index (χ1n) is 3.33. The first-order valence-corrected chi connectivity index (χ1v) is 3.74. The van der Waals surface area contributed by atoms with E-state index in [2.05, 4.69) is 4.74 Å². The van der Waals surface area contributed by atoms with Crippen molar-refractivity contribution in [1.82, 2.24) is 4.90 Å². The molecule has 6 heteroatoms. The van der Waals surface area contributed by atoms with Crippen molar-refractivity contribution in [2.24, 2.45) is 0 Å². The average molecular weight is 199 g/mol. The van der Waals surface area contributed by atoms with Crippen molar-refractivity contribution in [2.75, 3.05) is 20.2 Å². The van der Waals surface area contributed by atoms with Crippen molar-refractivity contribution < 1.29 is 17.9 Å². The maximum atomic E-state index is 12.0. The summed E-state index contributed by atoms with van der Waals surface area (Å²) in [5.41, 5.74) is 0. The lowest BCUT2D eigenvalue weighted by Crippen LogP contribution is -2.49. The molecule has 1 saturated heterocycles. The van der Waals surface area contributed by atoms with E-state index in [1.54, 1.807) is 0 Å². The van der Waals surface area contributed by atoms with Crippen LogP contribution in [0.2, 0.25) is 0 Å². The summed E-state index contributed by atoms with van der Waals surface area (Å²) in [5, 5.41) is 0. The molecule has 0 aromatic heterocycles. The van der Waals surface area contributed by atoms with Gasteiger partial charge in [-0.15, -0.1) is 0 Å². The highest BCUT2D eigenvalue weighted by Crippen LogP contribution is 2.25. The molecule has 0 bridgehead atoms. The molecule has 0 aliphatic carbocycles. The number of hydrogen-bond donors (Lipinski definition) is 0. The number of alkyl halides is 3. The largest absolute Gasteiger partial charge is 0.416 e. The Labute approximate surface area is 73.3 Å². The molecular weight excluding hydrogens is 191 g/mol. The van der Waals surface area contributed by atoms with Gasteiger partial charge >= 0.3 is 6.18 Å². The van der Waals surface area contributed by atoms with Crippen molar-refractivity contribution in [3.8, 4) is 0 Å². The third-order valence-electron chi connectivity index (χ3n) is 1.64. The standard InChI is InChI=1S/C6H8F3NOS/c1-10-2-4(6(7,8)9)11-3-5(10)12/h4H,2-3H2,1H3. The van der Waals surface area contributed by atoms with Crippen LogP contribution in [0.5, 0.6) is 0 Å². The van der Waals surface area contributed by atoms with E-state index in [0.717, 1.165) is 0 Å². The summed E-state index contributed by atoms with van der Waals surface area (Å²) in [5.74, 6) is 0. The molecule has 0 saturated carbocycles. The smallest absolute Gasteiger partial charge is 0.364 e. The molecule has 0 aromatic rings. The van der Waals surface area contributed by atoms with E-state index in [1.165, 1.54) is 11.9 Å². The summed E-state index contributed by atoms with van der Waals surface area (Å²) < 4.78 is 40.7. The van der Waals surface area contributed by atoms with E-state index in [0.29, 0.717) is 4.99 Å². The van der Waals surface area contributed by atoms with Gasteiger partial charge in [-0.2, -0.15) is 13.2 Å². The van der Waals surface area contributed by atoms with Gasteiger partial charge in [0.1, 0.15) is 4.99 Å². The zero-order chi connectivity index (χ0) is 9.35. The summed E-state index contributed by atoms with van der Waals surface area (Å²) in [6.07, 6.45) is -5.99. The molecule has 1 unspecified atom stereocenters. The highest BCUT2D eigenvalue weighted by atomic mass is 32.1. The topological polar surface area (TPSA) is 12.5 Å². The lowest BCUT2D eigenvalue weighted by molar-refractivity contribution is -0.222. The van der Waals surface area contributed by atoms with Crippen molar-refractivity contribution in [2.45, 2.75) is 12.3 Å². The molecule has 1 fully saturated rings. The minimum Gasteiger partial charge on any atom is -0.364 e. The van der Waals surface area contributed by atoms with Crippen molar-refractivity contribution >= 4 is 17.2 Å². The van der Waals surface area contributed by atoms with Gasteiger partial charge in [-0.3, -0.25) is 0 Å². The summed E-state index contributed by atoms with van der Waals surface area (Å²) in [6.45, 7) is -0.321. The Morgan fingerprint density at radius 2 is 2.17 bits per heavy atom. The van der Waals surface area contributed by atoms with Crippen LogP contribution in [0, 0.1) is 0 Å². The molecule has 1 aliphatic heterocycles. The van der Waals surface area contributed by atoms with Crippen LogP contribution in [0.1, 0.15) is 0 Å². The second kappa shape index (κ2) is 3.18. The SMILES string of the molecule is CN1CC(C(F)(F)F)OCC1=S. The van der Waals surface area contributed by atoms with Crippen LogP contribution in [0.25, 0.3) is 0 Å². The molecule has 0 radical (unpaired) electrons. The Bertz CT molecular complexity index is 194. The van der Waals surface area contributed by atoms with E-state index in [1.807, 2.05) is 0 Å². The van der Waals surface area contributed by atoms with E-state index in [-0.39, 0.29) is 13.2 Å². The highest BCUT2D eigenvalue weighted by molar-refractivity contribution is 7.80. The number of thiocarbonyl (C=S) groups is 1. The lowest BCUT2D eigenvalue weighted by atomic mass is 10.3. The third-order valence-corrected chi connectivity index (χ3v) is 2.07. The van der Waals surface area contributed by atoms with Crippen LogP contribution < -0.4 is 0 Å². The molecule has 1 atom stereocenters. The summed E-state index contributed by atoms with van der Waals surface area (Å²) in [6, 6.07) is 0. The minimum atomic E-state index is -4.29. The van der Waals surface area contributed by atoms with Gasteiger partial charge in [-0.1, -0.05) is 12.2 Å². The Balaban J connectivity index is 2.57. The van der Waals surface area contributed by atoms with Crippen LogP contribution in [0.15, 0.2) is 0 Å². The predicted octanol–water partition coefficient (Wildman–Crippen LogP) is 1.21. The molecule has 0 aromatic carbocycles. The summed E-state index contributed by atoms with van der Waals surface area (Å²) in [7, 11) is 1.53. The quantitative estimate of drug-likeness (QED) is 0.544. The van der Waals surface area contributed by atoms with Crippen LogP contribution in [-0.2, 0) is 4.74 Å². The molecule has 1 aliphatic rings. The second-order valence-corrected chi connectivity index (χ2v) is 3.09. The van der Waals surface area contributed by atoms with Crippen LogP contribution in [0.4, 0.5) is 13.2 Å². The third kappa shape index (κ3) is 2.07. The summed E-state index contributed by atoms with van der Waals surface area (Å²) >= 11 is 4.74. The molecule has 0 amide bonds. The fourth-order valence-electron chi connectivity index (χ4n) is 0.883.